The number of halogens is 1. The van der Waals surface area contributed by atoms with Gasteiger partial charge in [-0.3, -0.25) is 14.0 Å². The zero-order valence-corrected chi connectivity index (χ0v) is 84.0. The van der Waals surface area contributed by atoms with Gasteiger partial charge >= 0.3 is 11.9 Å². The Bertz CT molecular complexity index is 8720. The molecule has 2 aliphatic carbocycles. The standard InChI is InChI=1S/C31H24N4O.C31H46N4.C30H20N4O2.C23H15N3.C7H6BrNO2.2B/c1-31(2,36)25-14-9-17-33-30(25)35-28-18-23-21-12-6-7-15-26(21)34(20-10-4-3-5-11-20)27(23)19-24(28)22-13-8-16-32-29(22)35;1-31(2)23-14-9-17-33-30(23)35-28-22(20-13-8-16-32-29(20)35)18-25-26(27(28)31)21-12-6-7-15-24(21)34(25)19-10-4-3-5-11-19;1-36-30(35)22-13-8-16-32-29(22)34-27-17-23-20-11-5-6-14-25(20)33(19-9-3-2-4-10-19)26(23)18-24(27)21-12-7-15-31-28(21)34;1-2-7-15(8-3-1)26-21-11-5-4-9-16(21)19-13-20-18(14-22(19)26)17-10-6-12-24-23(17)25-20;1-11-7(10)5-3-2-4-9-6(5)8;;/h3-19,36H,1-2H3;3-5,10-11,20-30,32-33H,6-9,12-18H2,1-2H3;2-18H,1H3;1-14H,(H,24,25);2-4H,1H3;;. The molecule has 4 N–H and O–H groups in total. The van der Waals surface area contributed by atoms with Crippen LogP contribution in [0.5, 0.6) is 0 Å². The summed E-state index contributed by atoms with van der Waals surface area (Å²) in [4.78, 5) is 60.3. The number of aliphatic hydroxyl groups is 1. The molecule has 7 aliphatic rings. The number of nitrogens with zero attached hydrogens (tertiary/aromatic N) is 13. The minimum atomic E-state index is -1.06. The van der Waals surface area contributed by atoms with E-state index in [-0.39, 0.29) is 22.8 Å². The van der Waals surface area contributed by atoms with Crippen molar-refractivity contribution in [1.82, 2.24) is 73.3 Å². The zero-order chi connectivity index (χ0) is 97.3. The summed E-state index contributed by atoms with van der Waals surface area (Å²) < 4.78 is 21.1. The Morgan fingerprint density at radius 1 is 0.390 bits per heavy atom. The van der Waals surface area contributed by atoms with Crippen molar-refractivity contribution in [2.24, 2.45) is 40.9 Å². The number of aromatic nitrogens is 12. The molecule has 0 spiro atoms. The maximum absolute atomic E-state index is 12.6. The summed E-state index contributed by atoms with van der Waals surface area (Å²) in [6.45, 7) is 11.5. The van der Waals surface area contributed by atoms with Crippen LogP contribution in [0.4, 0.5) is 5.69 Å². The lowest BCUT2D eigenvalue weighted by atomic mass is 9.49. The van der Waals surface area contributed by atoms with E-state index in [2.05, 4.69) is 330 Å². The van der Waals surface area contributed by atoms with Crippen molar-refractivity contribution in [2.45, 2.75) is 122 Å². The fraction of sp³-hybridized carbons (Fsp3) is 0.246. The number of carbonyl (C=O) groups is 2. The number of anilines is 1. The Hall–Kier alpha value is -14.9. The number of esters is 2. The van der Waals surface area contributed by atoms with E-state index in [0.29, 0.717) is 45.1 Å². The van der Waals surface area contributed by atoms with Crippen LogP contribution < -0.4 is 15.5 Å². The molecule has 11 atom stereocenters. The summed E-state index contributed by atoms with van der Waals surface area (Å²) in [6, 6.07) is 107. The fourth-order valence-corrected chi connectivity index (χ4v) is 27.3. The number of benzene rings is 10. The number of rotatable bonds is 9. The molecule has 722 valence electrons. The zero-order valence-electron chi connectivity index (χ0n) is 82.4. The van der Waals surface area contributed by atoms with Gasteiger partial charge in [0.05, 0.1) is 81.8 Å². The van der Waals surface area contributed by atoms with Gasteiger partial charge < -0.3 is 48.8 Å². The second-order valence-electron chi connectivity index (χ2n) is 40.8. The van der Waals surface area contributed by atoms with Crippen LogP contribution in [0.3, 0.4) is 0 Å². The summed E-state index contributed by atoms with van der Waals surface area (Å²) >= 11 is 3.13. The van der Waals surface area contributed by atoms with Gasteiger partial charge in [0, 0.05) is 171 Å². The van der Waals surface area contributed by atoms with E-state index in [9.17, 15) is 14.7 Å². The molecule has 146 heavy (non-hydrogen) atoms. The third kappa shape index (κ3) is 15.7. The maximum Gasteiger partial charge on any atom is 0.341 e. The first-order chi connectivity index (χ1) is 70.6. The van der Waals surface area contributed by atoms with Gasteiger partial charge in [-0.05, 0) is 299 Å². The SMILES string of the molecule is CC(C)(O)c1cccnc1-n1c2cc3c4ccccc4n(-c4ccccc4)c3cc2c2cccnc21.CC1(C)C2CCCNC2N2C3NCCCC3C3CC4C(C5CCCCC5N4c4ccccc4)C1C32.COC(=O)c1cccnc1-n1c2cc3c4ccccc4n(-c4ccccc4)c3cc2c2cccnc21.COC(=O)c1cccnc1Br.[B].[B].c1ccc(-n2c3ccccc3c3cc4[nH]c5ncccc5c4cc32)cc1. The molecule has 7 fully saturated rings. The molecule has 6 radical (unpaired) electrons. The van der Waals surface area contributed by atoms with Crippen molar-refractivity contribution in [3.63, 3.8) is 0 Å². The number of piperidine rings is 3. The summed E-state index contributed by atoms with van der Waals surface area (Å²) in [5.74, 6) is 5.43. The van der Waals surface area contributed by atoms with Crippen molar-refractivity contribution < 1.29 is 24.2 Å². The van der Waals surface area contributed by atoms with Gasteiger partial charge in [-0.2, -0.15) is 0 Å². The molecule has 24 heteroatoms. The largest absolute Gasteiger partial charge is 0.465 e. The van der Waals surface area contributed by atoms with Crippen molar-refractivity contribution in [2.75, 3.05) is 32.2 Å². The highest BCUT2D eigenvalue weighted by atomic mass is 79.9. The van der Waals surface area contributed by atoms with Crippen molar-refractivity contribution in [3.8, 4) is 28.7 Å². The minimum absolute atomic E-state index is 0. The van der Waals surface area contributed by atoms with E-state index in [0.717, 1.165) is 169 Å². The summed E-state index contributed by atoms with van der Waals surface area (Å²) in [7, 11) is 2.72. The Kier molecular flexibility index (Phi) is 25.0. The van der Waals surface area contributed by atoms with Gasteiger partial charge in [0.25, 0.3) is 0 Å². The van der Waals surface area contributed by atoms with Gasteiger partial charge in [0.2, 0.25) is 0 Å². The van der Waals surface area contributed by atoms with Gasteiger partial charge in [-0.15, -0.1) is 0 Å². The summed E-state index contributed by atoms with van der Waals surface area (Å²) in [6.07, 6.45) is 24.4. The lowest BCUT2D eigenvalue weighted by molar-refractivity contribution is -0.158. The second kappa shape index (κ2) is 38.6. The van der Waals surface area contributed by atoms with Crippen LogP contribution in [-0.4, -0.2) is 154 Å². The average molecular weight is 1980 g/mol. The van der Waals surface area contributed by atoms with Crippen molar-refractivity contribution in [1.29, 1.82) is 0 Å². The first-order valence-corrected chi connectivity index (χ1v) is 51.5. The molecule has 5 saturated heterocycles. The Labute approximate surface area is 858 Å². The Morgan fingerprint density at radius 2 is 0.808 bits per heavy atom. The van der Waals surface area contributed by atoms with Crippen LogP contribution in [0.25, 0.3) is 160 Å². The number of carbonyl (C=O) groups excluding carboxylic acids is 2. The van der Waals surface area contributed by atoms with Gasteiger partial charge in [0.1, 0.15) is 32.9 Å². The predicted molar refractivity (Wildman–Crippen MR) is 593 cm³/mol. The third-order valence-electron chi connectivity index (χ3n) is 32.5. The number of ether oxygens (including phenoxy) is 2. The molecule has 10 aromatic carbocycles. The Morgan fingerprint density at radius 3 is 1.36 bits per heavy atom. The average Bonchev–Trinajstić information content (AvgIpc) is 1.51. The number of hydrogen-bond acceptors (Lipinski definition) is 15. The maximum atomic E-state index is 12.6. The van der Waals surface area contributed by atoms with Gasteiger partial charge in [0.15, 0.2) is 5.82 Å². The van der Waals surface area contributed by atoms with E-state index in [1.54, 1.807) is 62.9 Å². The molecule has 17 heterocycles. The number of aromatic amines is 1. The number of para-hydroxylation sites is 7. The van der Waals surface area contributed by atoms with E-state index >= 15 is 0 Å². The van der Waals surface area contributed by atoms with Crippen molar-refractivity contribution in [3.05, 3.63) is 362 Å². The Balaban J connectivity index is 0.000000104. The molecule has 22 aromatic rings. The monoisotopic (exact) mass is 1980 g/mol. The fourth-order valence-electron chi connectivity index (χ4n) is 26.9. The first-order valence-electron chi connectivity index (χ1n) is 50.7. The number of methoxy groups -OCH3 is 2. The second-order valence-corrected chi connectivity index (χ2v) is 41.5. The molecule has 5 aliphatic heterocycles. The smallest absolute Gasteiger partial charge is 0.341 e. The van der Waals surface area contributed by atoms with E-state index in [1.165, 1.54) is 129 Å². The number of nitrogens with one attached hydrogen (secondary N) is 3. The van der Waals surface area contributed by atoms with Crippen LogP contribution in [-0.2, 0) is 15.1 Å². The van der Waals surface area contributed by atoms with Gasteiger partial charge in [-0.25, -0.2) is 39.5 Å². The number of pyridine rings is 6. The molecule has 2 saturated carbocycles. The van der Waals surface area contributed by atoms with Crippen LogP contribution in [0.1, 0.15) is 112 Å². The highest BCUT2D eigenvalue weighted by Gasteiger charge is 2.71. The first kappa shape index (κ1) is 94.7. The lowest BCUT2D eigenvalue weighted by Gasteiger charge is -2.64. The third-order valence-corrected chi connectivity index (χ3v) is 33.2. The molecular weight excluding hydrogens is 1870 g/mol. The predicted octanol–water partition coefficient (Wildman–Crippen LogP) is 25.1. The van der Waals surface area contributed by atoms with E-state index in [1.807, 2.05) is 59.4 Å². The molecular formula is C122H111B2BrN16O5. The highest BCUT2D eigenvalue weighted by molar-refractivity contribution is 9.10. The highest BCUT2D eigenvalue weighted by Crippen LogP contribution is 2.67. The number of fused-ring (bicyclic) bond motifs is 27. The molecule has 12 aromatic heterocycles. The molecule has 0 bridgehead atoms. The molecule has 21 nitrogen and oxygen atoms in total. The molecule has 11 unspecified atom stereocenters. The van der Waals surface area contributed by atoms with Crippen LogP contribution in [0, 0.1) is 40.9 Å². The number of hydrogen-bond donors (Lipinski definition) is 4. The van der Waals surface area contributed by atoms with Crippen molar-refractivity contribution >= 4 is 182 Å². The lowest BCUT2D eigenvalue weighted by Crippen LogP contribution is -2.72. The summed E-state index contributed by atoms with van der Waals surface area (Å²) in [5.41, 5.74) is 18.4. The molecule has 29 rings (SSSR count). The van der Waals surface area contributed by atoms with Gasteiger partial charge in [-0.1, -0.05) is 160 Å². The van der Waals surface area contributed by atoms with Crippen LogP contribution in [0.15, 0.2) is 345 Å². The van der Waals surface area contributed by atoms with Crippen LogP contribution >= 0.6 is 15.9 Å². The van der Waals surface area contributed by atoms with E-state index < -0.39 is 11.6 Å². The number of H-pyrrole nitrogens is 1. The van der Waals surface area contributed by atoms with Crippen LogP contribution in [0.2, 0.25) is 0 Å². The summed E-state index contributed by atoms with van der Waals surface area (Å²) in [5, 5.41) is 32.8. The quantitative estimate of drug-likeness (QED) is 0.0600. The van der Waals surface area contributed by atoms with E-state index in [4.69, 9.17) is 19.7 Å². The molecule has 0 amide bonds. The normalized spacial score (nSPS) is 20.7. The topological polar surface area (TPSA) is 221 Å². The minimum Gasteiger partial charge on any atom is -0.465 e.